The van der Waals surface area contributed by atoms with E-state index in [0.29, 0.717) is 5.92 Å². The Kier molecular flexibility index (Phi) is 1.87. The third kappa shape index (κ3) is 1.34. The maximum Gasteiger partial charge on any atom is 0.433 e. The van der Waals surface area contributed by atoms with Gasteiger partial charge in [-0.2, -0.15) is 13.2 Å². The normalized spacial score (nSPS) is 32.6. The van der Waals surface area contributed by atoms with Crippen molar-refractivity contribution in [2.45, 2.75) is 18.0 Å². The van der Waals surface area contributed by atoms with Crippen LogP contribution in [-0.4, -0.2) is 18.1 Å². The van der Waals surface area contributed by atoms with E-state index < -0.39 is 11.9 Å². The predicted molar refractivity (Wildman–Crippen MR) is 51.9 cm³/mol. The van der Waals surface area contributed by atoms with Gasteiger partial charge in [0.05, 0.1) is 0 Å². The minimum atomic E-state index is -4.34. The van der Waals surface area contributed by atoms with E-state index in [0.717, 1.165) is 31.1 Å². The summed E-state index contributed by atoms with van der Waals surface area (Å²) in [5, 5.41) is 3.26. The van der Waals surface area contributed by atoms with Gasteiger partial charge in [-0.3, -0.25) is 4.98 Å². The molecule has 0 amide bonds. The summed E-state index contributed by atoms with van der Waals surface area (Å²) in [4.78, 5) is 3.51. The van der Waals surface area contributed by atoms with Crippen LogP contribution >= 0.6 is 0 Å². The number of fused-ring (bicyclic) bond motifs is 1. The second kappa shape index (κ2) is 2.97. The van der Waals surface area contributed by atoms with Crippen molar-refractivity contribution in [3.8, 4) is 0 Å². The summed E-state index contributed by atoms with van der Waals surface area (Å²) in [5.41, 5.74) is 0.211. The summed E-state index contributed by atoms with van der Waals surface area (Å²) < 4.78 is 37.0. The van der Waals surface area contributed by atoms with Crippen LogP contribution in [0.3, 0.4) is 0 Å². The first-order chi connectivity index (χ1) is 7.52. The maximum atomic E-state index is 12.3. The number of hydrogen-bond donors (Lipinski definition) is 1. The van der Waals surface area contributed by atoms with E-state index in [4.69, 9.17) is 0 Å². The molecule has 1 N–H and O–H groups in total. The van der Waals surface area contributed by atoms with Gasteiger partial charge in [0.2, 0.25) is 0 Å². The molecule has 2 nitrogen and oxygen atoms in total. The zero-order valence-corrected chi connectivity index (χ0v) is 8.51. The molecular weight excluding hydrogens is 217 g/mol. The van der Waals surface area contributed by atoms with Gasteiger partial charge in [-0.15, -0.1) is 0 Å². The fourth-order valence-electron chi connectivity index (χ4n) is 2.65. The fraction of sp³-hybridized carbons (Fsp3) is 0.545. The molecule has 2 heterocycles. The standard InChI is InChI=1S/C11H11F3N2/c12-11(13,14)9-2-1-7(5-16-9)10-3-8(10)4-15-6-10/h1-2,5,8,15H,3-4,6H2/t8-,10+/m0/s1. The molecule has 86 valence electrons. The number of pyridine rings is 1. The third-order valence-electron chi connectivity index (χ3n) is 3.69. The summed E-state index contributed by atoms with van der Waals surface area (Å²) in [7, 11) is 0. The van der Waals surface area contributed by atoms with Crippen LogP contribution in [0.1, 0.15) is 17.7 Å². The SMILES string of the molecule is FC(F)(F)c1ccc([C@@]23CNC[C@@H]2C3)cn1. The molecule has 1 aromatic heterocycles. The molecule has 2 aliphatic rings. The molecule has 2 atom stereocenters. The van der Waals surface area contributed by atoms with Gasteiger partial charge < -0.3 is 5.32 Å². The van der Waals surface area contributed by atoms with Gasteiger partial charge in [-0.05, 0) is 30.5 Å². The van der Waals surface area contributed by atoms with Gasteiger partial charge >= 0.3 is 6.18 Å². The Balaban J connectivity index is 1.89. The van der Waals surface area contributed by atoms with Crippen molar-refractivity contribution in [3.05, 3.63) is 29.6 Å². The summed E-state index contributed by atoms with van der Waals surface area (Å²) in [6.07, 6.45) is -1.88. The first-order valence-corrected chi connectivity index (χ1v) is 5.27. The third-order valence-corrected chi connectivity index (χ3v) is 3.69. The first kappa shape index (κ1) is 10.1. The van der Waals surface area contributed by atoms with E-state index in [1.165, 1.54) is 6.20 Å². The van der Waals surface area contributed by atoms with Crippen LogP contribution in [0.25, 0.3) is 0 Å². The molecule has 0 unspecified atom stereocenters. The van der Waals surface area contributed by atoms with Gasteiger partial charge in [-0.1, -0.05) is 6.07 Å². The number of aromatic nitrogens is 1. The molecule has 0 aromatic carbocycles. The van der Waals surface area contributed by atoms with Gasteiger partial charge in [0.1, 0.15) is 5.69 Å². The van der Waals surface area contributed by atoms with E-state index in [9.17, 15) is 13.2 Å². The van der Waals surface area contributed by atoms with Gasteiger partial charge in [0.15, 0.2) is 0 Å². The van der Waals surface area contributed by atoms with Crippen molar-refractivity contribution in [1.82, 2.24) is 10.3 Å². The molecule has 1 saturated heterocycles. The minimum Gasteiger partial charge on any atom is -0.316 e. The van der Waals surface area contributed by atoms with E-state index in [1.807, 2.05) is 0 Å². The largest absolute Gasteiger partial charge is 0.433 e. The molecule has 0 spiro atoms. The Labute approximate surface area is 90.9 Å². The van der Waals surface area contributed by atoms with Gasteiger partial charge in [-0.25, -0.2) is 0 Å². The molecule has 5 heteroatoms. The highest BCUT2D eigenvalue weighted by atomic mass is 19.4. The highest BCUT2D eigenvalue weighted by Gasteiger charge is 2.58. The molecule has 1 aromatic rings. The van der Waals surface area contributed by atoms with Crippen LogP contribution in [0.2, 0.25) is 0 Å². The number of rotatable bonds is 1. The molecule has 1 aliphatic carbocycles. The van der Waals surface area contributed by atoms with Crippen LogP contribution in [0.15, 0.2) is 18.3 Å². The average Bonchev–Trinajstić information content (AvgIpc) is 2.81. The second-order valence-electron chi connectivity index (χ2n) is 4.62. The number of hydrogen-bond acceptors (Lipinski definition) is 2. The zero-order chi connectivity index (χ0) is 11.4. The Morgan fingerprint density at radius 2 is 2.19 bits per heavy atom. The molecule has 0 radical (unpaired) electrons. The Morgan fingerprint density at radius 1 is 1.38 bits per heavy atom. The van der Waals surface area contributed by atoms with Crippen molar-refractivity contribution in [2.24, 2.45) is 5.92 Å². The number of nitrogens with one attached hydrogen (secondary N) is 1. The number of nitrogens with zero attached hydrogens (tertiary/aromatic N) is 1. The van der Waals surface area contributed by atoms with Crippen molar-refractivity contribution < 1.29 is 13.2 Å². The lowest BCUT2D eigenvalue weighted by Gasteiger charge is -2.13. The minimum absolute atomic E-state index is 0.0805. The van der Waals surface area contributed by atoms with Crippen LogP contribution in [0.5, 0.6) is 0 Å². The first-order valence-electron chi connectivity index (χ1n) is 5.27. The number of piperidine rings is 1. The Morgan fingerprint density at radius 3 is 2.62 bits per heavy atom. The number of halogens is 3. The molecular formula is C11H11F3N2. The van der Waals surface area contributed by atoms with Crippen LogP contribution < -0.4 is 5.32 Å². The molecule has 2 fully saturated rings. The smallest absolute Gasteiger partial charge is 0.316 e. The average molecular weight is 228 g/mol. The number of alkyl halides is 3. The van der Waals surface area contributed by atoms with Crippen LogP contribution in [-0.2, 0) is 11.6 Å². The summed E-state index contributed by atoms with van der Waals surface area (Å²) in [6.45, 7) is 1.84. The summed E-state index contributed by atoms with van der Waals surface area (Å²) >= 11 is 0. The van der Waals surface area contributed by atoms with Crippen LogP contribution in [0, 0.1) is 5.92 Å². The Hall–Kier alpha value is -1.10. The van der Waals surface area contributed by atoms with Gasteiger partial charge in [0, 0.05) is 18.2 Å². The second-order valence-corrected chi connectivity index (χ2v) is 4.62. The van der Waals surface area contributed by atoms with Crippen LogP contribution in [0.4, 0.5) is 13.2 Å². The monoisotopic (exact) mass is 228 g/mol. The van der Waals surface area contributed by atoms with Crippen molar-refractivity contribution >= 4 is 0 Å². The zero-order valence-electron chi connectivity index (χ0n) is 8.51. The molecule has 3 rings (SSSR count). The quantitative estimate of drug-likeness (QED) is 0.794. The van der Waals surface area contributed by atoms with Gasteiger partial charge in [0.25, 0.3) is 0 Å². The summed E-state index contributed by atoms with van der Waals surface area (Å²) in [5.74, 6) is 0.589. The summed E-state index contributed by atoms with van der Waals surface area (Å²) in [6, 6.07) is 2.65. The van der Waals surface area contributed by atoms with E-state index in [2.05, 4.69) is 10.3 Å². The molecule has 0 bridgehead atoms. The lowest BCUT2D eigenvalue weighted by molar-refractivity contribution is -0.141. The highest BCUT2D eigenvalue weighted by molar-refractivity contribution is 5.36. The predicted octanol–water partition coefficient (Wildman–Crippen LogP) is 1.96. The van der Waals surface area contributed by atoms with E-state index >= 15 is 0 Å². The van der Waals surface area contributed by atoms with E-state index in [1.54, 1.807) is 6.07 Å². The fourth-order valence-corrected chi connectivity index (χ4v) is 2.65. The maximum absolute atomic E-state index is 12.3. The Bertz CT molecular complexity index is 412. The lowest BCUT2D eigenvalue weighted by Crippen LogP contribution is -2.19. The van der Waals surface area contributed by atoms with Crippen molar-refractivity contribution in [2.75, 3.05) is 13.1 Å². The molecule has 1 aliphatic heterocycles. The van der Waals surface area contributed by atoms with Crippen molar-refractivity contribution in [1.29, 1.82) is 0 Å². The van der Waals surface area contributed by atoms with E-state index in [-0.39, 0.29) is 5.41 Å². The molecule has 1 saturated carbocycles. The highest BCUT2D eigenvalue weighted by Crippen LogP contribution is 2.56. The lowest BCUT2D eigenvalue weighted by atomic mass is 9.97. The topological polar surface area (TPSA) is 24.9 Å². The van der Waals surface area contributed by atoms with Crippen molar-refractivity contribution in [3.63, 3.8) is 0 Å². The molecule has 16 heavy (non-hydrogen) atoms.